The third kappa shape index (κ3) is 4.82. The van der Waals surface area contributed by atoms with Crippen molar-refractivity contribution in [3.8, 4) is 17.2 Å². The Bertz CT molecular complexity index is 1040. The van der Waals surface area contributed by atoms with Crippen molar-refractivity contribution in [1.82, 2.24) is 15.2 Å². The van der Waals surface area contributed by atoms with Gasteiger partial charge in [-0.05, 0) is 29.8 Å². The number of halogens is 2. The lowest BCUT2D eigenvalue weighted by atomic mass is 10.1. The second kappa shape index (κ2) is 9.04. The van der Waals surface area contributed by atoms with Gasteiger partial charge in [-0.3, -0.25) is 4.79 Å². The van der Waals surface area contributed by atoms with Crippen LogP contribution >= 0.6 is 11.8 Å². The summed E-state index contributed by atoms with van der Waals surface area (Å²) < 4.78 is 34.3. The third-order valence-corrected chi connectivity index (χ3v) is 5.05. The van der Waals surface area contributed by atoms with E-state index in [4.69, 9.17) is 4.42 Å². The molecule has 0 aliphatic carbocycles. The van der Waals surface area contributed by atoms with E-state index in [1.165, 1.54) is 29.3 Å². The third-order valence-electron chi connectivity index (χ3n) is 4.25. The molecule has 1 amide bonds. The summed E-state index contributed by atoms with van der Waals surface area (Å²) in [5.41, 5.74) is 2.44. The van der Waals surface area contributed by atoms with E-state index in [0.29, 0.717) is 18.5 Å². The van der Waals surface area contributed by atoms with Gasteiger partial charge in [0.1, 0.15) is 5.75 Å². The van der Waals surface area contributed by atoms with Crippen LogP contribution in [-0.4, -0.2) is 45.7 Å². The molecule has 30 heavy (non-hydrogen) atoms. The number of alkyl halides is 2. The number of aromatic nitrogens is 2. The molecule has 1 aliphatic heterocycles. The first-order valence-electron chi connectivity index (χ1n) is 9.03. The van der Waals surface area contributed by atoms with E-state index in [2.05, 4.69) is 20.0 Å². The highest BCUT2D eigenvalue weighted by Gasteiger charge is 2.22. The molecule has 2 heterocycles. The number of carbonyl (C=O) groups excluding carboxylic acids is 1. The van der Waals surface area contributed by atoms with Crippen molar-refractivity contribution in [3.05, 3.63) is 60.2 Å². The van der Waals surface area contributed by atoms with Crippen molar-refractivity contribution in [2.75, 3.05) is 12.3 Å². The molecule has 0 atom stereocenters. The number of rotatable bonds is 7. The first-order valence-corrected chi connectivity index (χ1v) is 10.0. The molecule has 154 valence electrons. The molecule has 0 unspecified atom stereocenters. The monoisotopic (exact) mass is 430 g/mol. The number of thioether (sulfide) groups is 1. The SMILES string of the molecule is O=C(CSc1nnc(-c2ccc(OC(F)F)cc2)o1)N1CCC(c2ccccc2)=N1. The summed E-state index contributed by atoms with van der Waals surface area (Å²) in [5, 5.41) is 13.9. The molecule has 0 fully saturated rings. The van der Waals surface area contributed by atoms with Gasteiger partial charge >= 0.3 is 6.61 Å². The molecule has 1 aliphatic rings. The number of hydrogen-bond donors (Lipinski definition) is 0. The Kier molecular flexibility index (Phi) is 6.03. The van der Waals surface area contributed by atoms with Crippen LogP contribution in [0, 0.1) is 0 Å². The molecule has 1 aromatic heterocycles. The van der Waals surface area contributed by atoms with Gasteiger partial charge in [-0.15, -0.1) is 10.2 Å². The Morgan fingerprint density at radius 2 is 1.87 bits per heavy atom. The van der Waals surface area contributed by atoms with Gasteiger partial charge < -0.3 is 9.15 Å². The molecular weight excluding hydrogens is 414 g/mol. The smallest absolute Gasteiger partial charge is 0.387 e. The molecule has 2 aromatic carbocycles. The van der Waals surface area contributed by atoms with Gasteiger partial charge in [0.05, 0.1) is 18.0 Å². The molecule has 0 N–H and O–H groups in total. The van der Waals surface area contributed by atoms with Crippen LogP contribution in [0.25, 0.3) is 11.5 Å². The zero-order valence-electron chi connectivity index (χ0n) is 15.6. The first kappa shape index (κ1) is 20.0. The number of hydrogen-bond acceptors (Lipinski definition) is 7. The average molecular weight is 430 g/mol. The summed E-state index contributed by atoms with van der Waals surface area (Å²) in [6.07, 6.45) is 0.705. The zero-order chi connectivity index (χ0) is 20.9. The van der Waals surface area contributed by atoms with E-state index in [1.807, 2.05) is 30.3 Å². The summed E-state index contributed by atoms with van der Waals surface area (Å²) in [4.78, 5) is 12.4. The van der Waals surface area contributed by atoms with Gasteiger partial charge in [-0.1, -0.05) is 42.1 Å². The van der Waals surface area contributed by atoms with Gasteiger partial charge in [-0.2, -0.15) is 13.9 Å². The second-order valence-corrected chi connectivity index (χ2v) is 7.17. The van der Waals surface area contributed by atoms with Crippen LogP contribution in [0.5, 0.6) is 5.75 Å². The quantitative estimate of drug-likeness (QED) is 0.526. The van der Waals surface area contributed by atoms with Gasteiger partial charge in [-0.25, -0.2) is 5.01 Å². The minimum atomic E-state index is -2.89. The Labute approximate surface area is 174 Å². The normalized spacial score (nSPS) is 13.6. The molecule has 0 radical (unpaired) electrons. The fraction of sp³-hybridized carbons (Fsp3) is 0.200. The fourth-order valence-electron chi connectivity index (χ4n) is 2.83. The maximum Gasteiger partial charge on any atom is 0.387 e. The van der Waals surface area contributed by atoms with Crippen LogP contribution < -0.4 is 4.74 Å². The Morgan fingerprint density at radius 3 is 2.60 bits per heavy atom. The standard InChI is InChI=1S/C20H16F2N4O3S/c21-19(22)28-15-8-6-14(7-9-15)18-23-24-20(29-18)30-12-17(27)26-11-10-16(25-26)13-4-2-1-3-5-13/h1-9,19H,10-12H2. The molecule has 7 nitrogen and oxygen atoms in total. The molecule has 0 saturated heterocycles. The number of carbonyl (C=O) groups is 1. The van der Waals surface area contributed by atoms with E-state index >= 15 is 0 Å². The Morgan fingerprint density at radius 1 is 1.10 bits per heavy atom. The maximum absolute atomic E-state index is 12.4. The highest BCUT2D eigenvalue weighted by Crippen LogP contribution is 2.26. The van der Waals surface area contributed by atoms with Crippen molar-refractivity contribution >= 4 is 23.4 Å². The van der Waals surface area contributed by atoms with Crippen LogP contribution in [0.15, 0.2) is 69.3 Å². The summed E-state index contributed by atoms with van der Waals surface area (Å²) in [5.74, 6) is 0.210. The lowest BCUT2D eigenvalue weighted by molar-refractivity contribution is -0.127. The summed E-state index contributed by atoms with van der Waals surface area (Å²) in [6, 6.07) is 15.6. The van der Waals surface area contributed by atoms with Crippen molar-refractivity contribution in [1.29, 1.82) is 0 Å². The van der Waals surface area contributed by atoms with Crippen LogP contribution in [0.1, 0.15) is 12.0 Å². The summed E-state index contributed by atoms with van der Waals surface area (Å²) in [7, 11) is 0. The van der Waals surface area contributed by atoms with E-state index in [0.717, 1.165) is 23.0 Å². The second-order valence-electron chi connectivity index (χ2n) is 6.24. The van der Waals surface area contributed by atoms with E-state index in [-0.39, 0.29) is 28.5 Å². The van der Waals surface area contributed by atoms with E-state index in [9.17, 15) is 13.6 Å². The summed E-state index contributed by atoms with van der Waals surface area (Å²) in [6.45, 7) is -2.35. The number of amides is 1. The number of ether oxygens (including phenoxy) is 1. The molecule has 10 heteroatoms. The number of benzene rings is 2. The predicted molar refractivity (Wildman–Crippen MR) is 106 cm³/mol. The number of nitrogens with zero attached hydrogens (tertiary/aromatic N) is 4. The van der Waals surface area contributed by atoms with Crippen molar-refractivity contribution in [2.45, 2.75) is 18.3 Å². The van der Waals surface area contributed by atoms with E-state index in [1.54, 1.807) is 0 Å². The largest absolute Gasteiger partial charge is 0.435 e. The predicted octanol–water partition coefficient (Wildman–Crippen LogP) is 4.07. The lowest BCUT2D eigenvalue weighted by Crippen LogP contribution is -2.25. The van der Waals surface area contributed by atoms with Crippen LogP contribution in [0.2, 0.25) is 0 Å². The first-order chi connectivity index (χ1) is 14.6. The highest BCUT2D eigenvalue weighted by molar-refractivity contribution is 7.99. The summed E-state index contributed by atoms with van der Waals surface area (Å²) >= 11 is 1.11. The van der Waals surface area contributed by atoms with Crippen molar-refractivity contribution in [2.24, 2.45) is 5.10 Å². The molecule has 3 aromatic rings. The zero-order valence-corrected chi connectivity index (χ0v) is 16.4. The van der Waals surface area contributed by atoms with Crippen molar-refractivity contribution in [3.63, 3.8) is 0 Å². The Hall–Kier alpha value is -3.27. The molecular formula is C20H16F2N4O3S. The van der Waals surface area contributed by atoms with Crippen LogP contribution in [0.4, 0.5) is 8.78 Å². The highest BCUT2D eigenvalue weighted by atomic mass is 32.2. The topological polar surface area (TPSA) is 80.8 Å². The lowest BCUT2D eigenvalue weighted by Gasteiger charge is -2.09. The fourth-order valence-corrected chi connectivity index (χ4v) is 3.46. The molecule has 0 spiro atoms. The van der Waals surface area contributed by atoms with Gasteiger partial charge in [0.2, 0.25) is 5.89 Å². The minimum absolute atomic E-state index is 0.0366. The molecule has 4 rings (SSSR count). The number of hydrazone groups is 1. The molecule has 0 bridgehead atoms. The van der Waals surface area contributed by atoms with Gasteiger partial charge in [0.25, 0.3) is 11.1 Å². The van der Waals surface area contributed by atoms with Crippen LogP contribution in [0.3, 0.4) is 0 Å². The Balaban J connectivity index is 1.33. The molecule has 0 saturated carbocycles. The van der Waals surface area contributed by atoms with Gasteiger partial charge in [0, 0.05) is 12.0 Å². The van der Waals surface area contributed by atoms with E-state index < -0.39 is 6.61 Å². The van der Waals surface area contributed by atoms with Gasteiger partial charge in [0.15, 0.2) is 0 Å². The minimum Gasteiger partial charge on any atom is -0.435 e. The average Bonchev–Trinajstić information content (AvgIpc) is 3.43. The van der Waals surface area contributed by atoms with Crippen LogP contribution in [-0.2, 0) is 4.79 Å². The maximum atomic E-state index is 12.4. The van der Waals surface area contributed by atoms with Crippen molar-refractivity contribution < 1.29 is 22.7 Å².